The Morgan fingerprint density at radius 2 is 1.93 bits per heavy atom. The van der Waals surface area contributed by atoms with E-state index in [0.717, 1.165) is 48.7 Å². The van der Waals surface area contributed by atoms with Crippen LogP contribution in [-0.4, -0.2) is 88.3 Å². The summed E-state index contributed by atoms with van der Waals surface area (Å²) in [6.07, 6.45) is 5.75. The summed E-state index contributed by atoms with van der Waals surface area (Å²) in [6, 6.07) is 5.65. The summed E-state index contributed by atoms with van der Waals surface area (Å²) < 4.78 is 50.3. The van der Waals surface area contributed by atoms with Crippen LogP contribution in [0, 0.1) is 5.82 Å². The molecule has 0 aliphatic carbocycles. The van der Waals surface area contributed by atoms with Gasteiger partial charge in [-0.2, -0.15) is 9.97 Å². The van der Waals surface area contributed by atoms with E-state index in [4.69, 9.17) is 24.2 Å². The summed E-state index contributed by atoms with van der Waals surface area (Å²) in [7, 11) is 0. The van der Waals surface area contributed by atoms with Crippen molar-refractivity contribution in [2.24, 2.45) is 0 Å². The second kappa shape index (κ2) is 10.5. The molecule has 5 aliphatic rings. The molecule has 2 aromatic carbocycles. The van der Waals surface area contributed by atoms with Gasteiger partial charge in [0.1, 0.15) is 29.9 Å². The molecule has 0 spiro atoms. The number of aromatic hydroxyl groups is 1. The molecule has 46 heavy (non-hydrogen) atoms. The van der Waals surface area contributed by atoms with Gasteiger partial charge in [0, 0.05) is 61.0 Å². The Balaban J connectivity index is 1.25. The third-order valence-corrected chi connectivity index (χ3v) is 10.6. The lowest BCUT2D eigenvalue weighted by Crippen LogP contribution is -2.51. The van der Waals surface area contributed by atoms with Crippen LogP contribution in [0.1, 0.15) is 44.7 Å². The lowest BCUT2D eigenvalue weighted by Gasteiger charge is -2.35. The minimum atomic E-state index is -0.896. The highest BCUT2D eigenvalue weighted by Gasteiger charge is 2.49. The Morgan fingerprint density at radius 3 is 2.76 bits per heavy atom. The van der Waals surface area contributed by atoms with Crippen LogP contribution in [0.4, 0.5) is 14.6 Å². The van der Waals surface area contributed by atoms with Gasteiger partial charge in [0.05, 0.1) is 16.5 Å². The second-order valence-corrected chi connectivity index (χ2v) is 13.4. The van der Waals surface area contributed by atoms with Crippen molar-refractivity contribution in [2.75, 3.05) is 44.5 Å². The number of anilines is 1. The maximum atomic E-state index is 17.3. The maximum Gasteiger partial charge on any atom is 0.319 e. The van der Waals surface area contributed by atoms with Gasteiger partial charge in [-0.05, 0) is 62.2 Å². The lowest BCUT2D eigenvalue weighted by molar-refractivity contribution is 0.107. The quantitative estimate of drug-likeness (QED) is 0.307. The standard InChI is InChI=1S/C34H36F2N6O4/c1-2-24-25-18(6-8-37-24)10-22(43)11-23(25)26-28(36)29-27(31-30(26)45-17-46-31)32(41-14-20-4-5-21(15-41)38-20)40-33(39-29)44-16-34-7-3-9-42(34)13-19(35)12-34/h6,8,10-11,19-21,38,43H,2-5,7,9,12-17H2,1H3/t19-,20-,21+,34+/m1/s1. The second-order valence-electron chi connectivity index (χ2n) is 13.4. The van der Waals surface area contributed by atoms with Gasteiger partial charge in [-0.3, -0.25) is 9.88 Å². The van der Waals surface area contributed by atoms with Crippen molar-refractivity contribution >= 4 is 27.5 Å². The summed E-state index contributed by atoms with van der Waals surface area (Å²) >= 11 is 0. The highest BCUT2D eigenvalue weighted by molar-refractivity contribution is 6.07. The van der Waals surface area contributed by atoms with Crippen LogP contribution in [-0.2, 0) is 6.42 Å². The van der Waals surface area contributed by atoms with Crippen LogP contribution in [0.25, 0.3) is 32.8 Å². The third kappa shape index (κ3) is 4.29. The number of aryl methyl sites for hydroxylation is 1. The van der Waals surface area contributed by atoms with E-state index >= 15 is 4.39 Å². The molecule has 4 aromatic rings. The highest BCUT2D eigenvalue weighted by atomic mass is 19.1. The monoisotopic (exact) mass is 630 g/mol. The van der Waals surface area contributed by atoms with Crippen LogP contribution in [0.15, 0.2) is 24.4 Å². The number of pyridine rings is 1. The van der Waals surface area contributed by atoms with Gasteiger partial charge < -0.3 is 29.5 Å². The molecule has 7 heterocycles. The number of fused-ring (bicyclic) bond motifs is 7. The predicted octanol–water partition coefficient (Wildman–Crippen LogP) is 4.88. The Hall–Kier alpha value is -4.03. The first-order chi connectivity index (χ1) is 22.4. The van der Waals surface area contributed by atoms with Crippen molar-refractivity contribution in [1.29, 1.82) is 0 Å². The fourth-order valence-electron chi connectivity index (χ4n) is 8.66. The molecule has 12 heteroatoms. The first-order valence-electron chi connectivity index (χ1n) is 16.4. The van der Waals surface area contributed by atoms with Gasteiger partial charge in [0.15, 0.2) is 17.3 Å². The summed E-state index contributed by atoms with van der Waals surface area (Å²) in [5.74, 6) is 0.537. The third-order valence-electron chi connectivity index (χ3n) is 10.6. The number of ether oxygens (including phenoxy) is 3. The van der Waals surface area contributed by atoms with E-state index in [9.17, 15) is 9.50 Å². The molecule has 4 saturated heterocycles. The Bertz CT molecular complexity index is 1880. The number of alkyl halides is 1. The number of aromatic nitrogens is 3. The number of phenols is 1. The van der Waals surface area contributed by atoms with E-state index in [-0.39, 0.29) is 42.0 Å². The van der Waals surface area contributed by atoms with Gasteiger partial charge in [0.2, 0.25) is 6.79 Å². The molecule has 0 amide bonds. The number of hydrogen-bond acceptors (Lipinski definition) is 10. The Morgan fingerprint density at radius 1 is 1.11 bits per heavy atom. The minimum absolute atomic E-state index is 0.00490. The summed E-state index contributed by atoms with van der Waals surface area (Å²) in [6.45, 7) is 4.77. The largest absolute Gasteiger partial charge is 0.508 e. The van der Waals surface area contributed by atoms with Gasteiger partial charge in [-0.1, -0.05) is 6.92 Å². The number of nitrogens with zero attached hydrogens (tertiary/aromatic N) is 5. The van der Waals surface area contributed by atoms with Crippen LogP contribution in [0.2, 0.25) is 0 Å². The van der Waals surface area contributed by atoms with Crippen LogP contribution in [0.5, 0.6) is 23.3 Å². The molecule has 9 rings (SSSR count). The van der Waals surface area contributed by atoms with Crippen LogP contribution in [0.3, 0.4) is 0 Å². The molecular weight excluding hydrogens is 594 g/mol. The number of piperazine rings is 1. The lowest BCUT2D eigenvalue weighted by atomic mass is 9.93. The number of hydrogen-bond donors (Lipinski definition) is 2. The zero-order valence-corrected chi connectivity index (χ0v) is 25.7. The number of benzene rings is 2. The van der Waals surface area contributed by atoms with Gasteiger partial charge in [-0.15, -0.1) is 0 Å². The van der Waals surface area contributed by atoms with Gasteiger partial charge >= 0.3 is 6.01 Å². The molecule has 0 unspecified atom stereocenters. The van der Waals surface area contributed by atoms with Crippen molar-refractivity contribution in [3.63, 3.8) is 0 Å². The first kappa shape index (κ1) is 28.2. The maximum absolute atomic E-state index is 17.3. The smallest absolute Gasteiger partial charge is 0.319 e. The van der Waals surface area contributed by atoms with Crippen LogP contribution >= 0.6 is 0 Å². The molecule has 4 fully saturated rings. The fraction of sp³-hybridized carbons (Fsp3) is 0.500. The van der Waals surface area contributed by atoms with E-state index < -0.39 is 17.5 Å². The molecule has 4 atom stereocenters. The van der Waals surface area contributed by atoms with Crippen LogP contribution < -0.4 is 24.4 Å². The molecule has 2 N–H and O–H groups in total. The average Bonchev–Trinajstić information content (AvgIpc) is 3.82. The van der Waals surface area contributed by atoms with Crippen molar-refractivity contribution in [3.05, 3.63) is 35.9 Å². The van der Waals surface area contributed by atoms with Crippen molar-refractivity contribution in [1.82, 2.24) is 25.2 Å². The molecule has 240 valence electrons. The Labute approximate surface area is 264 Å². The SMILES string of the molecule is CCc1nccc2cc(O)cc(-c3c4c(c5c(N6C[C@H]7CC[C@@H](C6)N7)nc(OC[C@@]67CCCN6C[C@H](F)C7)nc5c3F)OCO4)c12. The van der Waals surface area contributed by atoms with E-state index in [1.807, 2.05) is 6.92 Å². The first-order valence-corrected chi connectivity index (χ1v) is 16.4. The number of nitrogens with one attached hydrogen (secondary N) is 1. The summed E-state index contributed by atoms with van der Waals surface area (Å²) in [5.41, 5.74) is 1.01. The van der Waals surface area contributed by atoms with Gasteiger partial charge in [-0.25, -0.2) is 8.78 Å². The van der Waals surface area contributed by atoms with E-state index in [1.54, 1.807) is 24.4 Å². The van der Waals surface area contributed by atoms with Gasteiger partial charge in [0.25, 0.3) is 0 Å². The molecule has 0 radical (unpaired) electrons. The summed E-state index contributed by atoms with van der Waals surface area (Å²) in [5, 5.41) is 16.3. The molecule has 5 aliphatic heterocycles. The van der Waals surface area contributed by atoms with Crippen molar-refractivity contribution in [3.8, 4) is 34.4 Å². The molecular formula is C34H36F2N6O4. The fourth-order valence-corrected chi connectivity index (χ4v) is 8.66. The predicted molar refractivity (Wildman–Crippen MR) is 168 cm³/mol. The Kier molecular flexibility index (Phi) is 6.44. The number of halogens is 2. The van der Waals surface area contributed by atoms with Crippen molar-refractivity contribution < 1.29 is 28.1 Å². The van der Waals surface area contributed by atoms with E-state index in [1.165, 1.54) is 0 Å². The normalized spacial score (nSPS) is 26.8. The van der Waals surface area contributed by atoms with Crippen molar-refractivity contribution in [2.45, 2.75) is 69.2 Å². The topological polar surface area (TPSA) is 105 Å². The molecule has 10 nitrogen and oxygen atoms in total. The molecule has 2 aromatic heterocycles. The zero-order chi connectivity index (χ0) is 31.2. The molecule has 0 saturated carbocycles. The van der Waals surface area contributed by atoms with E-state index in [0.29, 0.717) is 67.1 Å². The number of rotatable bonds is 6. The highest BCUT2D eigenvalue weighted by Crippen LogP contribution is 2.53. The zero-order valence-electron chi connectivity index (χ0n) is 25.7. The number of phenolic OH excluding ortho intramolecular Hbond substituents is 1. The molecule has 2 bridgehead atoms. The van der Waals surface area contributed by atoms with E-state index in [2.05, 4.69) is 20.1 Å². The average molecular weight is 631 g/mol. The minimum Gasteiger partial charge on any atom is -0.508 e. The summed E-state index contributed by atoms with van der Waals surface area (Å²) in [4.78, 5) is 18.5.